The Hall–Kier alpha value is -4.15. The van der Waals surface area contributed by atoms with Gasteiger partial charge in [-0.05, 0) is 23.3 Å². The van der Waals surface area contributed by atoms with Gasteiger partial charge in [-0.1, -0.05) is 30.3 Å². The first kappa shape index (κ1) is 23.6. The van der Waals surface area contributed by atoms with Crippen molar-refractivity contribution in [3.8, 4) is 11.1 Å². The lowest BCUT2D eigenvalue weighted by atomic mass is 10.0. The summed E-state index contributed by atoms with van der Waals surface area (Å²) >= 11 is 0. The highest BCUT2D eigenvalue weighted by Gasteiger charge is 2.49. The standard InChI is InChI=1S/C25H21F3N4O4/c26-24(12-31-8-7-29-14-31)10-20(23(35)36)32(13-24)21(33)11-30-22(34)15-5-6-19-17(9-15)16-3-1-2-4-18(16)25(19,27)28/h1-9,14,20H,10-13H2,(H,30,34)(H,35,36)/t20-,24-/m0/s1. The summed E-state index contributed by atoms with van der Waals surface area (Å²) in [7, 11) is 0. The Morgan fingerprint density at radius 3 is 2.56 bits per heavy atom. The molecule has 0 spiro atoms. The number of carbonyl (C=O) groups excluding carboxylic acids is 2. The number of benzene rings is 2. The highest BCUT2D eigenvalue weighted by atomic mass is 19.3. The number of halogens is 3. The number of imidazole rings is 1. The van der Waals surface area contributed by atoms with Crippen LogP contribution in [0.3, 0.4) is 0 Å². The van der Waals surface area contributed by atoms with Crippen molar-refractivity contribution in [1.29, 1.82) is 0 Å². The molecule has 0 bridgehead atoms. The summed E-state index contributed by atoms with van der Waals surface area (Å²) in [4.78, 5) is 41.9. The minimum atomic E-state index is -3.19. The lowest BCUT2D eigenvalue weighted by Gasteiger charge is -2.22. The minimum Gasteiger partial charge on any atom is -0.480 e. The molecule has 11 heteroatoms. The van der Waals surface area contributed by atoms with Crippen LogP contribution in [0.4, 0.5) is 13.2 Å². The number of likely N-dealkylation sites (tertiary alicyclic amines) is 1. The van der Waals surface area contributed by atoms with E-state index in [1.807, 2.05) is 0 Å². The van der Waals surface area contributed by atoms with E-state index in [9.17, 15) is 28.3 Å². The predicted octanol–water partition coefficient (Wildman–Crippen LogP) is 2.83. The smallest absolute Gasteiger partial charge is 0.326 e. The molecule has 186 valence electrons. The number of nitrogens with zero attached hydrogens (tertiary/aromatic N) is 3. The fourth-order valence-corrected chi connectivity index (χ4v) is 4.92. The molecule has 2 aliphatic rings. The summed E-state index contributed by atoms with van der Waals surface area (Å²) in [6.07, 6.45) is 3.99. The van der Waals surface area contributed by atoms with E-state index in [4.69, 9.17) is 0 Å². The molecule has 2 amide bonds. The van der Waals surface area contributed by atoms with E-state index in [1.165, 1.54) is 53.6 Å². The lowest BCUT2D eigenvalue weighted by Crippen LogP contribution is -2.46. The largest absolute Gasteiger partial charge is 0.480 e. The molecular formula is C25H21F3N4O4. The fraction of sp³-hybridized carbons (Fsp3) is 0.280. The van der Waals surface area contributed by atoms with Crippen LogP contribution in [0.1, 0.15) is 27.9 Å². The van der Waals surface area contributed by atoms with Gasteiger partial charge in [-0.25, -0.2) is 14.2 Å². The number of rotatable bonds is 6. The number of carboxylic acids is 1. The van der Waals surface area contributed by atoms with Crippen molar-refractivity contribution in [3.05, 3.63) is 77.9 Å². The number of nitrogens with one attached hydrogen (secondary N) is 1. The first-order chi connectivity index (χ1) is 17.1. The molecule has 36 heavy (non-hydrogen) atoms. The normalized spacial score (nSPS) is 21.6. The van der Waals surface area contributed by atoms with Crippen LogP contribution in [0.15, 0.2) is 61.2 Å². The molecule has 1 aliphatic carbocycles. The van der Waals surface area contributed by atoms with Crippen molar-refractivity contribution < 1.29 is 32.7 Å². The molecule has 1 aliphatic heterocycles. The molecule has 2 atom stereocenters. The molecule has 2 N–H and O–H groups in total. The summed E-state index contributed by atoms with van der Waals surface area (Å²) < 4.78 is 46.4. The van der Waals surface area contributed by atoms with Crippen molar-refractivity contribution >= 4 is 17.8 Å². The van der Waals surface area contributed by atoms with Crippen LogP contribution in [0.5, 0.6) is 0 Å². The van der Waals surface area contributed by atoms with Gasteiger partial charge in [0.25, 0.3) is 11.8 Å². The quantitative estimate of drug-likeness (QED) is 0.544. The van der Waals surface area contributed by atoms with Crippen molar-refractivity contribution in [2.75, 3.05) is 13.1 Å². The van der Waals surface area contributed by atoms with Crippen LogP contribution >= 0.6 is 0 Å². The van der Waals surface area contributed by atoms with E-state index in [-0.39, 0.29) is 28.8 Å². The van der Waals surface area contributed by atoms with Crippen LogP contribution in [0, 0.1) is 0 Å². The second-order valence-corrected chi connectivity index (χ2v) is 9.03. The van der Waals surface area contributed by atoms with Gasteiger partial charge in [0.1, 0.15) is 11.7 Å². The number of hydrogen-bond donors (Lipinski definition) is 2. The molecule has 3 aromatic rings. The monoisotopic (exact) mass is 498 g/mol. The third-order valence-electron chi connectivity index (χ3n) is 6.60. The number of aliphatic carboxylic acids is 1. The van der Waals surface area contributed by atoms with Crippen LogP contribution in [0.25, 0.3) is 11.1 Å². The van der Waals surface area contributed by atoms with Crippen molar-refractivity contribution in [2.45, 2.75) is 30.6 Å². The van der Waals surface area contributed by atoms with Crippen molar-refractivity contribution in [1.82, 2.24) is 19.8 Å². The van der Waals surface area contributed by atoms with E-state index < -0.39 is 54.9 Å². The second-order valence-electron chi connectivity index (χ2n) is 9.03. The average Bonchev–Trinajstić information content (AvgIpc) is 3.54. The number of alkyl halides is 3. The Kier molecular flexibility index (Phi) is 5.57. The highest BCUT2D eigenvalue weighted by molar-refractivity contribution is 5.99. The third-order valence-corrected chi connectivity index (χ3v) is 6.60. The van der Waals surface area contributed by atoms with Gasteiger partial charge in [0.15, 0.2) is 0 Å². The number of carbonyl (C=O) groups is 3. The number of aromatic nitrogens is 2. The third kappa shape index (κ3) is 4.00. The minimum absolute atomic E-state index is 0.0604. The molecule has 1 saturated heterocycles. The second kappa shape index (κ2) is 8.51. The predicted molar refractivity (Wildman–Crippen MR) is 121 cm³/mol. The molecule has 0 unspecified atom stereocenters. The van der Waals surface area contributed by atoms with Crippen LogP contribution < -0.4 is 5.32 Å². The number of amides is 2. The van der Waals surface area contributed by atoms with Crippen molar-refractivity contribution in [2.24, 2.45) is 0 Å². The van der Waals surface area contributed by atoms with Gasteiger partial charge in [-0.15, -0.1) is 0 Å². The maximum Gasteiger partial charge on any atom is 0.326 e. The van der Waals surface area contributed by atoms with Gasteiger partial charge < -0.3 is 19.9 Å². The number of carboxylic acid groups (broad SMARTS) is 1. The Bertz CT molecular complexity index is 1360. The molecule has 1 aromatic heterocycles. The summed E-state index contributed by atoms with van der Waals surface area (Å²) in [6, 6.07) is 8.40. The summed E-state index contributed by atoms with van der Waals surface area (Å²) in [5.41, 5.74) is -1.74. The Morgan fingerprint density at radius 1 is 1.08 bits per heavy atom. The van der Waals surface area contributed by atoms with E-state index in [0.717, 1.165) is 4.90 Å². The van der Waals surface area contributed by atoms with Crippen LogP contribution in [0.2, 0.25) is 0 Å². The number of fused-ring (bicyclic) bond motifs is 3. The molecule has 2 aromatic carbocycles. The Morgan fingerprint density at radius 2 is 1.83 bits per heavy atom. The van der Waals surface area contributed by atoms with Gasteiger partial charge in [0.2, 0.25) is 5.91 Å². The zero-order chi connectivity index (χ0) is 25.7. The lowest BCUT2D eigenvalue weighted by molar-refractivity contribution is -0.147. The van der Waals surface area contributed by atoms with E-state index in [2.05, 4.69) is 10.3 Å². The average molecular weight is 498 g/mol. The van der Waals surface area contributed by atoms with Gasteiger partial charge in [0.05, 0.1) is 26.0 Å². The molecule has 0 saturated carbocycles. The maximum absolute atomic E-state index is 15.4. The maximum atomic E-state index is 15.4. The van der Waals surface area contributed by atoms with Gasteiger partial charge in [0, 0.05) is 35.5 Å². The molecule has 8 nitrogen and oxygen atoms in total. The first-order valence-electron chi connectivity index (χ1n) is 11.2. The Balaban J connectivity index is 1.29. The van der Waals surface area contributed by atoms with Gasteiger partial charge >= 0.3 is 5.97 Å². The summed E-state index contributed by atoms with van der Waals surface area (Å²) in [6.45, 7) is -1.21. The summed E-state index contributed by atoms with van der Waals surface area (Å²) in [5.74, 6) is -6.00. The molecular weight excluding hydrogens is 477 g/mol. The number of hydrogen-bond acceptors (Lipinski definition) is 4. The van der Waals surface area contributed by atoms with E-state index >= 15 is 4.39 Å². The van der Waals surface area contributed by atoms with E-state index in [0.29, 0.717) is 5.56 Å². The molecule has 5 rings (SSSR count). The van der Waals surface area contributed by atoms with Gasteiger partial charge in [-0.2, -0.15) is 8.78 Å². The molecule has 1 fully saturated rings. The van der Waals surface area contributed by atoms with Gasteiger partial charge in [-0.3, -0.25) is 9.59 Å². The van der Waals surface area contributed by atoms with Crippen LogP contribution in [-0.2, 0) is 22.1 Å². The van der Waals surface area contributed by atoms with Crippen LogP contribution in [-0.4, -0.2) is 62.1 Å². The first-order valence-corrected chi connectivity index (χ1v) is 11.2. The van der Waals surface area contributed by atoms with Crippen molar-refractivity contribution in [3.63, 3.8) is 0 Å². The molecule has 2 heterocycles. The zero-order valence-electron chi connectivity index (χ0n) is 18.8. The SMILES string of the molecule is O=C(NCC(=O)N1C[C@@](F)(Cn2ccnc2)C[C@H]1C(=O)O)c1ccc2c(c1)-c1ccccc1C2(F)F. The summed E-state index contributed by atoms with van der Waals surface area (Å²) in [5, 5.41) is 11.9. The Labute approximate surface area is 203 Å². The van der Waals surface area contributed by atoms with E-state index in [1.54, 1.807) is 12.1 Å². The fourth-order valence-electron chi connectivity index (χ4n) is 4.92. The topological polar surface area (TPSA) is 105 Å². The highest BCUT2D eigenvalue weighted by Crippen LogP contribution is 2.50. The zero-order valence-corrected chi connectivity index (χ0v) is 18.8. The molecule has 0 radical (unpaired) electrons.